The van der Waals surface area contributed by atoms with Crippen molar-refractivity contribution in [2.45, 2.75) is 26.0 Å². The highest BCUT2D eigenvalue weighted by Crippen LogP contribution is 2.31. The summed E-state index contributed by atoms with van der Waals surface area (Å²) in [5.41, 5.74) is 2.96. The molecule has 1 N–H and O–H groups in total. The number of likely N-dealkylation sites (N-methyl/N-ethyl adjacent to an activating group) is 1. The molecule has 0 aliphatic carbocycles. The highest BCUT2D eigenvalue weighted by molar-refractivity contribution is 5.68. The summed E-state index contributed by atoms with van der Waals surface area (Å²) in [4.78, 5) is 2.26. The maximum absolute atomic E-state index is 10.9. The third kappa shape index (κ3) is 3.65. The van der Waals surface area contributed by atoms with E-state index in [4.69, 9.17) is 0 Å². The van der Waals surface area contributed by atoms with Crippen molar-refractivity contribution in [1.29, 1.82) is 0 Å². The smallest absolute Gasteiger partial charge is 0.0986 e. The zero-order valence-corrected chi connectivity index (χ0v) is 13.4. The third-order valence-electron chi connectivity index (χ3n) is 4.15. The van der Waals surface area contributed by atoms with Gasteiger partial charge in [0.15, 0.2) is 0 Å². The molecule has 0 aromatic heterocycles. The molecule has 0 unspecified atom stereocenters. The molecule has 2 nitrogen and oxygen atoms in total. The first-order valence-corrected chi connectivity index (χ1v) is 7.90. The van der Waals surface area contributed by atoms with E-state index in [-0.39, 0.29) is 6.04 Å². The Morgan fingerprint density at radius 2 is 1.45 bits per heavy atom. The van der Waals surface area contributed by atoms with E-state index in [1.165, 1.54) is 0 Å². The molecule has 0 heterocycles. The minimum Gasteiger partial charge on any atom is -0.386 e. The molecule has 0 saturated carbocycles. The highest BCUT2D eigenvalue weighted by atomic mass is 16.3. The van der Waals surface area contributed by atoms with Gasteiger partial charge in [0.2, 0.25) is 0 Å². The van der Waals surface area contributed by atoms with Gasteiger partial charge in [0, 0.05) is 0 Å². The van der Waals surface area contributed by atoms with Gasteiger partial charge >= 0.3 is 0 Å². The fourth-order valence-electron chi connectivity index (χ4n) is 2.88. The second kappa shape index (κ2) is 7.92. The van der Waals surface area contributed by atoms with Crippen LogP contribution in [0.1, 0.15) is 31.1 Å². The average molecular weight is 295 g/mol. The molecule has 0 spiro atoms. The maximum Gasteiger partial charge on any atom is 0.0986 e. The minimum atomic E-state index is -0.589. The predicted molar refractivity (Wildman–Crippen MR) is 93.6 cm³/mol. The fourth-order valence-corrected chi connectivity index (χ4v) is 2.88. The zero-order chi connectivity index (χ0) is 15.9. The second-order valence-electron chi connectivity index (χ2n) is 5.41. The Morgan fingerprint density at radius 3 is 1.95 bits per heavy atom. The van der Waals surface area contributed by atoms with Gasteiger partial charge in [-0.15, -0.1) is 0 Å². The summed E-state index contributed by atoms with van der Waals surface area (Å²) in [6.45, 7) is 10.3. The van der Waals surface area contributed by atoms with Crippen LogP contribution in [0, 0.1) is 0 Å². The molecule has 0 amide bonds. The number of benzene rings is 2. The predicted octanol–water partition coefficient (Wildman–Crippen LogP) is 4.14. The van der Waals surface area contributed by atoms with E-state index in [0.717, 1.165) is 29.8 Å². The van der Waals surface area contributed by atoms with Crippen molar-refractivity contribution in [2.75, 3.05) is 13.1 Å². The van der Waals surface area contributed by atoms with E-state index in [1.807, 2.05) is 48.5 Å². The van der Waals surface area contributed by atoms with Crippen LogP contribution in [0.15, 0.2) is 67.2 Å². The van der Waals surface area contributed by atoms with Crippen LogP contribution in [0.25, 0.3) is 5.57 Å². The molecule has 0 radical (unpaired) electrons. The quantitative estimate of drug-likeness (QED) is 0.829. The summed E-state index contributed by atoms with van der Waals surface area (Å²) in [6.07, 6.45) is -0.589. The number of nitrogens with zero attached hydrogens (tertiary/aromatic N) is 1. The normalized spacial score (nSPS) is 13.8. The Balaban J connectivity index is 2.36. The van der Waals surface area contributed by atoms with E-state index in [0.29, 0.717) is 0 Å². The monoisotopic (exact) mass is 295 g/mol. The Morgan fingerprint density at radius 1 is 0.955 bits per heavy atom. The molecule has 0 saturated heterocycles. The summed E-state index contributed by atoms with van der Waals surface area (Å²) in [5.74, 6) is 0. The van der Waals surface area contributed by atoms with Gasteiger partial charge in [-0.25, -0.2) is 0 Å². The summed E-state index contributed by atoms with van der Waals surface area (Å²) >= 11 is 0. The van der Waals surface area contributed by atoms with E-state index >= 15 is 0 Å². The molecule has 2 heteroatoms. The lowest BCUT2D eigenvalue weighted by Crippen LogP contribution is -2.40. The van der Waals surface area contributed by atoms with Crippen LogP contribution in [0.3, 0.4) is 0 Å². The maximum atomic E-state index is 10.9. The van der Waals surface area contributed by atoms with Gasteiger partial charge < -0.3 is 5.11 Å². The summed E-state index contributed by atoms with van der Waals surface area (Å²) in [5, 5.41) is 10.9. The van der Waals surface area contributed by atoms with Crippen LogP contribution in [0.5, 0.6) is 0 Å². The standard InChI is InChI=1S/C20H25NO/c1-4-21(5-2)19(16(3)17-12-8-6-9-13-17)20(22)18-14-10-7-11-15-18/h6-15,19-20,22H,3-5H2,1-2H3/t19-,20+/m1/s1. The molecule has 2 atom stereocenters. The minimum absolute atomic E-state index is 0.125. The van der Waals surface area contributed by atoms with Crippen LogP contribution < -0.4 is 0 Å². The zero-order valence-electron chi connectivity index (χ0n) is 13.4. The van der Waals surface area contributed by atoms with Crippen molar-refractivity contribution >= 4 is 5.57 Å². The lowest BCUT2D eigenvalue weighted by atomic mass is 9.91. The van der Waals surface area contributed by atoms with Gasteiger partial charge in [0.1, 0.15) is 0 Å². The number of rotatable bonds is 7. The topological polar surface area (TPSA) is 23.5 Å². The van der Waals surface area contributed by atoms with Gasteiger partial charge in [-0.1, -0.05) is 81.1 Å². The number of aliphatic hydroxyl groups is 1. The van der Waals surface area contributed by atoms with Gasteiger partial charge in [0.25, 0.3) is 0 Å². The summed E-state index contributed by atoms with van der Waals surface area (Å²) in [7, 11) is 0. The van der Waals surface area contributed by atoms with Gasteiger partial charge in [-0.3, -0.25) is 4.90 Å². The van der Waals surface area contributed by atoms with Crippen molar-refractivity contribution in [1.82, 2.24) is 4.90 Å². The second-order valence-corrected chi connectivity index (χ2v) is 5.41. The van der Waals surface area contributed by atoms with Crippen molar-refractivity contribution in [3.63, 3.8) is 0 Å². The van der Waals surface area contributed by atoms with Crippen LogP contribution in [0.4, 0.5) is 0 Å². The van der Waals surface area contributed by atoms with E-state index in [2.05, 4.69) is 37.5 Å². The van der Waals surface area contributed by atoms with E-state index in [1.54, 1.807) is 0 Å². The first-order chi connectivity index (χ1) is 10.7. The molecule has 2 aromatic rings. The molecule has 2 rings (SSSR count). The van der Waals surface area contributed by atoms with Gasteiger partial charge in [-0.05, 0) is 29.8 Å². The Bertz CT molecular complexity index is 575. The molecular formula is C20H25NO. The number of aliphatic hydroxyl groups excluding tert-OH is 1. The summed E-state index contributed by atoms with van der Waals surface area (Å²) in [6, 6.07) is 19.8. The molecule has 0 aliphatic rings. The van der Waals surface area contributed by atoms with Crippen molar-refractivity contribution in [3.8, 4) is 0 Å². The van der Waals surface area contributed by atoms with E-state index in [9.17, 15) is 5.11 Å². The van der Waals surface area contributed by atoms with Gasteiger partial charge in [0.05, 0.1) is 12.1 Å². The summed E-state index contributed by atoms with van der Waals surface area (Å²) < 4.78 is 0. The Hall–Kier alpha value is -1.90. The molecule has 22 heavy (non-hydrogen) atoms. The van der Waals surface area contributed by atoms with Crippen molar-refractivity contribution in [2.24, 2.45) is 0 Å². The largest absolute Gasteiger partial charge is 0.386 e. The first kappa shape index (κ1) is 16.5. The Labute approximate surface area is 133 Å². The lowest BCUT2D eigenvalue weighted by Gasteiger charge is -2.35. The Kier molecular flexibility index (Phi) is 5.93. The van der Waals surface area contributed by atoms with Crippen molar-refractivity contribution in [3.05, 3.63) is 78.4 Å². The number of hydrogen-bond acceptors (Lipinski definition) is 2. The van der Waals surface area contributed by atoms with Crippen LogP contribution >= 0.6 is 0 Å². The van der Waals surface area contributed by atoms with Crippen LogP contribution in [0.2, 0.25) is 0 Å². The van der Waals surface area contributed by atoms with Gasteiger partial charge in [-0.2, -0.15) is 0 Å². The van der Waals surface area contributed by atoms with Crippen LogP contribution in [-0.2, 0) is 0 Å². The molecule has 0 aliphatic heterocycles. The fraction of sp³-hybridized carbons (Fsp3) is 0.300. The molecule has 116 valence electrons. The number of hydrogen-bond donors (Lipinski definition) is 1. The molecule has 0 bridgehead atoms. The molecule has 0 fully saturated rings. The molecule has 2 aromatic carbocycles. The first-order valence-electron chi connectivity index (χ1n) is 7.90. The van der Waals surface area contributed by atoms with Crippen molar-refractivity contribution < 1.29 is 5.11 Å². The third-order valence-corrected chi connectivity index (χ3v) is 4.15. The molecular weight excluding hydrogens is 270 g/mol. The highest BCUT2D eigenvalue weighted by Gasteiger charge is 2.28. The van der Waals surface area contributed by atoms with Crippen LogP contribution in [-0.4, -0.2) is 29.1 Å². The lowest BCUT2D eigenvalue weighted by molar-refractivity contribution is 0.0843. The SMILES string of the molecule is C=C(c1ccccc1)[C@H]([C@@H](O)c1ccccc1)N(CC)CC. The average Bonchev–Trinajstić information content (AvgIpc) is 2.60. The van der Waals surface area contributed by atoms with E-state index < -0.39 is 6.10 Å².